The summed E-state index contributed by atoms with van der Waals surface area (Å²) in [6.07, 6.45) is 0. The minimum atomic E-state index is -4.08. The Kier molecular flexibility index (Phi) is 8.26. The molecule has 0 atom stereocenters. The largest absolute Gasteiger partial charge is 0.497 e. The van der Waals surface area contributed by atoms with Crippen LogP contribution in [0.3, 0.4) is 0 Å². The summed E-state index contributed by atoms with van der Waals surface area (Å²) in [7, 11) is -0.967. The van der Waals surface area contributed by atoms with Gasteiger partial charge >= 0.3 is 0 Å². The van der Waals surface area contributed by atoms with E-state index in [9.17, 15) is 13.2 Å². The van der Waals surface area contributed by atoms with Gasteiger partial charge in [-0.05, 0) is 60.7 Å². The Bertz CT molecular complexity index is 1210. The van der Waals surface area contributed by atoms with Gasteiger partial charge in [-0.1, -0.05) is 40.9 Å². The number of benzene rings is 3. The maximum atomic E-state index is 13.5. The van der Waals surface area contributed by atoms with Crippen molar-refractivity contribution >= 4 is 56.4 Å². The number of nitrogens with zero attached hydrogens (tertiary/aromatic N) is 2. The summed E-state index contributed by atoms with van der Waals surface area (Å²) >= 11 is 18.5. The summed E-state index contributed by atoms with van der Waals surface area (Å²) in [5.74, 6) is 0.195. The van der Waals surface area contributed by atoms with Crippen LogP contribution in [-0.2, 0) is 21.4 Å². The van der Waals surface area contributed by atoms with Crippen molar-refractivity contribution in [3.05, 3.63) is 87.4 Å². The monoisotopic (exact) mass is 526 g/mol. The molecule has 0 radical (unpaired) electrons. The van der Waals surface area contributed by atoms with Gasteiger partial charge in [-0.2, -0.15) is 4.31 Å². The van der Waals surface area contributed by atoms with E-state index >= 15 is 0 Å². The summed E-state index contributed by atoms with van der Waals surface area (Å²) in [5, 5.41) is 0.995. The third-order valence-corrected chi connectivity index (χ3v) is 7.76. The number of halogens is 3. The van der Waals surface area contributed by atoms with E-state index in [-0.39, 0.29) is 11.4 Å². The van der Waals surface area contributed by atoms with E-state index in [0.29, 0.717) is 32.1 Å². The average Bonchev–Trinajstić information content (AvgIpc) is 2.80. The summed E-state index contributed by atoms with van der Waals surface area (Å²) in [6.45, 7) is -0.624. The Balaban J connectivity index is 1.95. The summed E-state index contributed by atoms with van der Waals surface area (Å²) in [6, 6.07) is 17.4. The van der Waals surface area contributed by atoms with E-state index in [1.54, 1.807) is 56.6 Å². The van der Waals surface area contributed by atoms with E-state index in [1.807, 2.05) is 0 Å². The number of sulfonamides is 1. The van der Waals surface area contributed by atoms with Gasteiger partial charge in [0.25, 0.3) is 0 Å². The Labute approximate surface area is 208 Å². The lowest BCUT2D eigenvalue weighted by Gasteiger charge is -2.26. The van der Waals surface area contributed by atoms with Crippen molar-refractivity contribution in [3.63, 3.8) is 0 Å². The van der Waals surface area contributed by atoms with Crippen molar-refractivity contribution in [3.8, 4) is 5.75 Å². The number of amides is 1. The lowest BCUT2D eigenvalue weighted by atomic mass is 10.2. The molecule has 3 rings (SSSR count). The van der Waals surface area contributed by atoms with Crippen molar-refractivity contribution in [2.24, 2.45) is 0 Å². The molecule has 174 valence electrons. The lowest BCUT2D eigenvalue weighted by Crippen LogP contribution is -2.41. The van der Waals surface area contributed by atoms with E-state index in [2.05, 4.69) is 0 Å². The zero-order valence-corrected chi connectivity index (χ0v) is 20.9. The molecule has 0 aromatic heterocycles. The van der Waals surface area contributed by atoms with Gasteiger partial charge in [0.2, 0.25) is 15.9 Å². The summed E-state index contributed by atoms with van der Waals surface area (Å²) in [4.78, 5) is 14.5. The first-order valence-corrected chi connectivity index (χ1v) is 12.3. The van der Waals surface area contributed by atoms with Crippen LogP contribution in [0.4, 0.5) is 5.69 Å². The zero-order chi connectivity index (χ0) is 24.2. The second-order valence-electron chi connectivity index (χ2n) is 7.08. The predicted octanol–water partition coefficient (Wildman–Crippen LogP) is 5.51. The first-order valence-electron chi connectivity index (χ1n) is 9.72. The molecule has 0 saturated carbocycles. The molecule has 33 heavy (non-hydrogen) atoms. The molecule has 0 saturated heterocycles. The fourth-order valence-electron chi connectivity index (χ4n) is 3.05. The molecule has 0 bridgehead atoms. The number of hydrogen-bond acceptors (Lipinski definition) is 4. The molecule has 6 nitrogen and oxygen atoms in total. The van der Waals surface area contributed by atoms with Crippen LogP contribution < -0.4 is 9.64 Å². The minimum Gasteiger partial charge on any atom is -0.497 e. The molecule has 0 N–H and O–H groups in total. The number of methoxy groups -OCH3 is 1. The third-order valence-electron chi connectivity index (χ3n) is 4.99. The normalized spacial score (nSPS) is 11.5. The van der Waals surface area contributed by atoms with Gasteiger partial charge in [-0.25, -0.2) is 8.42 Å². The molecule has 10 heteroatoms. The van der Waals surface area contributed by atoms with Gasteiger partial charge in [0.15, 0.2) is 0 Å². The highest BCUT2D eigenvalue weighted by Gasteiger charge is 2.29. The van der Waals surface area contributed by atoms with Crippen molar-refractivity contribution in [1.29, 1.82) is 0 Å². The second-order valence-corrected chi connectivity index (χ2v) is 10.3. The molecule has 0 aliphatic carbocycles. The van der Waals surface area contributed by atoms with Gasteiger partial charge in [0.05, 0.1) is 18.6 Å². The Morgan fingerprint density at radius 1 is 0.909 bits per heavy atom. The number of carbonyl (C=O) groups is 1. The minimum absolute atomic E-state index is 0.00465. The van der Waals surface area contributed by atoms with Gasteiger partial charge in [0, 0.05) is 39.9 Å². The summed E-state index contributed by atoms with van der Waals surface area (Å²) in [5.41, 5.74) is 0.985. The molecular formula is C23H21Cl3N2O4S. The number of rotatable bonds is 8. The Hall–Kier alpha value is -2.29. The number of likely N-dealkylation sites (N-methyl/N-ethyl adjacent to an activating group) is 1. The molecule has 3 aromatic rings. The number of anilines is 1. The van der Waals surface area contributed by atoms with Crippen molar-refractivity contribution < 1.29 is 17.9 Å². The third kappa shape index (κ3) is 5.99. The highest BCUT2D eigenvalue weighted by molar-refractivity contribution is 7.89. The van der Waals surface area contributed by atoms with Crippen LogP contribution in [0.15, 0.2) is 71.6 Å². The van der Waals surface area contributed by atoms with Crippen LogP contribution in [0, 0.1) is 0 Å². The van der Waals surface area contributed by atoms with Crippen molar-refractivity contribution in [1.82, 2.24) is 4.31 Å². The first kappa shape index (κ1) is 25.3. The molecule has 0 aliphatic heterocycles. The van der Waals surface area contributed by atoms with Gasteiger partial charge in [-0.15, -0.1) is 0 Å². The van der Waals surface area contributed by atoms with Crippen molar-refractivity contribution in [2.75, 3.05) is 25.6 Å². The van der Waals surface area contributed by atoms with Gasteiger partial charge in [-0.3, -0.25) is 4.79 Å². The van der Waals surface area contributed by atoms with Gasteiger partial charge < -0.3 is 9.64 Å². The maximum absolute atomic E-state index is 13.5. The van der Waals surface area contributed by atoms with Crippen LogP contribution in [-0.4, -0.2) is 39.3 Å². The fourth-order valence-corrected chi connectivity index (χ4v) is 5.05. The van der Waals surface area contributed by atoms with Gasteiger partial charge in [0.1, 0.15) is 5.75 Å². The highest BCUT2D eigenvalue weighted by atomic mass is 35.5. The Morgan fingerprint density at radius 2 is 1.48 bits per heavy atom. The first-order chi connectivity index (χ1) is 15.6. The lowest BCUT2D eigenvalue weighted by molar-refractivity contribution is -0.118. The molecule has 1 amide bonds. The smallest absolute Gasteiger partial charge is 0.243 e. The quantitative estimate of drug-likeness (QED) is 0.387. The Morgan fingerprint density at radius 3 is 2.03 bits per heavy atom. The van der Waals surface area contributed by atoms with E-state index in [4.69, 9.17) is 39.5 Å². The molecule has 0 spiro atoms. The molecule has 0 unspecified atom stereocenters. The molecular weight excluding hydrogens is 507 g/mol. The SMILES string of the molecule is COc1ccc(N(C)C(=O)CN(Cc2c(Cl)cccc2Cl)S(=O)(=O)c2ccc(Cl)cc2)cc1. The zero-order valence-electron chi connectivity index (χ0n) is 17.8. The van der Waals surface area contributed by atoms with Crippen molar-refractivity contribution in [2.45, 2.75) is 11.4 Å². The second kappa shape index (κ2) is 10.8. The maximum Gasteiger partial charge on any atom is 0.243 e. The molecule has 0 aliphatic rings. The van der Waals surface area contributed by atoms with E-state index in [0.717, 1.165) is 4.31 Å². The standard InChI is InChI=1S/C23H21Cl3N2O4S/c1-27(17-8-10-18(32-2)11-9-17)23(29)15-28(14-20-21(25)4-3-5-22(20)26)33(30,31)19-12-6-16(24)7-13-19/h3-13H,14-15H2,1-2H3. The fraction of sp³-hybridized carbons (Fsp3) is 0.174. The molecule has 0 heterocycles. The van der Waals surface area contributed by atoms with Crippen LogP contribution in [0.5, 0.6) is 5.75 Å². The van der Waals surface area contributed by atoms with Crippen LogP contribution in [0.25, 0.3) is 0 Å². The predicted molar refractivity (Wildman–Crippen MR) is 132 cm³/mol. The highest BCUT2D eigenvalue weighted by Crippen LogP contribution is 2.29. The summed E-state index contributed by atoms with van der Waals surface area (Å²) < 4.78 is 33.1. The van der Waals surface area contributed by atoms with E-state index in [1.165, 1.54) is 29.2 Å². The number of carbonyl (C=O) groups excluding carboxylic acids is 1. The molecule has 3 aromatic carbocycles. The number of ether oxygens (including phenoxy) is 1. The number of hydrogen-bond donors (Lipinski definition) is 0. The average molecular weight is 528 g/mol. The van der Waals surface area contributed by atoms with Crippen LogP contribution >= 0.6 is 34.8 Å². The topological polar surface area (TPSA) is 66.9 Å². The van der Waals surface area contributed by atoms with E-state index < -0.39 is 22.5 Å². The van der Waals surface area contributed by atoms with Crippen LogP contribution in [0.1, 0.15) is 5.56 Å². The molecule has 0 fully saturated rings. The van der Waals surface area contributed by atoms with Crippen LogP contribution in [0.2, 0.25) is 15.1 Å².